The van der Waals surface area contributed by atoms with Crippen LogP contribution in [-0.2, 0) is 11.2 Å². The number of rotatable bonds is 6. The van der Waals surface area contributed by atoms with Crippen LogP contribution in [-0.4, -0.2) is 49.7 Å². The van der Waals surface area contributed by atoms with E-state index in [1.807, 2.05) is 44.2 Å². The van der Waals surface area contributed by atoms with Crippen LogP contribution in [0.4, 0.5) is 4.79 Å². The number of hydrogen-bond acceptors (Lipinski definition) is 4. The maximum atomic E-state index is 13.7. The number of imidazole rings is 1. The Kier molecular flexibility index (Phi) is 6.86. The summed E-state index contributed by atoms with van der Waals surface area (Å²) in [5.41, 5.74) is 4.37. The summed E-state index contributed by atoms with van der Waals surface area (Å²) in [6.45, 7) is 4.24. The number of piperidine rings is 1. The van der Waals surface area contributed by atoms with Crippen molar-refractivity contribution >= 4 is 12.0 Å². The first-order valence-corrected chi connectivity index (χ1v) is 11.5. The summed E-state index contributed by atoms with van der Waals surface area (Å²) in [6, 6.07) is 11.9. The molecule has 8 nitrogen and oxygen atoms in total. The average molecular weight is 463 g/mol. The van der Waals surface area contributed by atoms with Crippen LogP contribution in [0, 0.1) is 13.8 Å². The highest BCUT2D eigenvalue weighted by Gasteiger charge is 2.35. The number of carbonyl (C=O) groups excluding carboxylic acids is 1. The van der Waals surface area contributed by atoms with E-state index in [9.17, 15) is 19.8 Å². The van der Waals surface area contributed by atoms with E-state index in [2.05, 4.69) is 15.3 Å². The number of nitrogens with one attached hydrogen (secondary N) is 2. The molecule has 4 N–H and O–H groups in total. The zero-order valence-electron chi connectivity index (χ0n) is 19.4. The molecule has 1 saturated heterocycles. The molecule has 2 unspecified atom stereocenters. The number of amides is 2. The molecule has 0 spiro atoms. The predicted molar refractivity (Wildman–Crippen MR) is 129 cm³/mol. The summed E-state index contributed by atoms with van der Waals surface area (Å²) < 4.78 is 0. The van der Waals surface area contributed by atoms with Gasteiger partial charge in [-0.05, 0) is 67.5 Å². The number of aromatic hydroxyl groups is 1. The summed E-state index contributed by atoms with van der Waals surface area (Å²) in [5, 5.41) is 21.8. The van der Waals surface area contributed by atoms with Gasteiger partial charge in [0.15, 0.2) is 0 Å². The van der Waals surface area contributed by atoms with Gasteiger partial charge in [0.1, 0.15) is 17.6 Å². The van der Waals surface area contributed by atoms with Gasteiger partial charge in [-0.25, -0.2) is 9.78 Å². The molecule has 8 heteroatoms. The van der Waals surface area contributed by atoms with E-state index in [0.29, 0.717) is 12.4 Å². The van der Waals surface area contributed by atoms with Gasteiger partial charge in [0.25, 0.3) is 0 Å². The lowest BCUT2D eigenvalue weighted by Gasteiger charge is -2.37. The summed E-state index contributed by atoms with van der Waals surface area (Å²) in [5.74, 6) is 0.588. The maximum Gasteiger partial charge on any atom is 0.405 e. The van der Waals surface area contributed by atoms with Gasteiger partial charge < -0.3 is 25.4 Å². The van der Waals surface area contributed by atoms with E-state index in [1.54, 1.807) is 23.2 Å². The van der Waals surface area contributed by atoms with Crippen molar-refractivity contribution in [1.29, 1.82) is 0 Å². The number of nitrogens with zero attached hydrogens (tertiary/aromatic N) is 2. The molecule has 0 radical (unpaired) electrons. The number of hydrogen-bond donors (Lipinski definition) is 4. The van der Waals surface area contributed by atoms with E-state index in [0.717, 1.165) is 47.2 Å². The predicted octanol–water partition coefficient (Wildman–Crippen LogP) is 4.33. The maximum absolute atomic E-state index is 13.7. The van der Waals surface area contributed by atoms with Gasteiger partial charge in [0.05, 0.1) is 17.9 Å². The fraction of sp³-hybridized carbons (Fsp3) is 0.346. The second-order valence-electron chi connectivity index (χ2n) is 8.86. The lowest BCUT2D eigenvalue weighted by atomic mass is 9.94. The van der Waals surface area contributed by atoms with Crippen LogP contribution in [0.1, 0.15) is 47.8 Å². The number of likely N-dealkylation sites (tertiary alicyclic amines) is 1. The molecule has 0 bridgehead atoms. The van der Waals surface area contributed by atoms with Crippen molar-refractivity contribution < 1.29 is 19.8 Å². The number of phenolic OH excluding ortho intramolecular Hbond substituents is 1. The van der Waals surface area contributed by atoms with E-state index in [-0.39, 0.29) is 24.1 Å². The molecular weight excluding hydrogens is 432 g/mol. The Bertz CT molecular complexity index is 1150. The minimum absolute atomic E-state index is 0.149. The van der Waals surface area contributed by atoms with Gasteiger partial charge in [0, 0.05) is 13.0 Å². The number of aromatic nitrogens is 2. The third-order valence-electron chi connectivity index (χ3n) is 6.47. The summed E-state index contributed by atoms with van der Waals surface area (Å²) in [7, 11) is 0. The van der Waals surface area contributed by atoms with Crippen molar-refractivity contribution in [3.05, 3.63) is 71.2 Å². The fourth-order valence-electron chi connectivity index (χ4n) is 4.80. The topological polar surface area (TPSA) is 119 Å². The van der Waals surface area contributed by atoms with Gasteiger partial charge >= 0.3 is 6.09 Å². The van der Waals surface area contributed by atoms with Crippen LogP contribution in [0.2, 0.25) is 0 Å². The molecular formula is C26H30N4O4. The van der Waals surface area contributed by atoms with Crippen molar-refractivity contribution in [2.24, 2.45) is 0 Å². The van der Waals surface area contributed by atoms with Crippen LogP contribution in [0.15, 0.2) is 48.7 Å². The highest BCUT2D eigenvalue weighted by Crippen LogP contribution is 2.32. The third kappa shape index (κ3) is 5.06. The molecule has 0 saturated carbocycles. The Hall–Kier alpha value is -3.81. The van der Waals surface area contributed by atoms with E-state index < -0.39 is 12.1 Å². The molecule has 1 aliphatic heterocycles. The Labute approximate surface area is 198 Å². The summed E-state index contributed by atoms with van der Waals surface area (Å²) in [6.07, 6.45) is 3.31. The quantitative estimate of drug-likeness (QED) is 0.435. The number of aromatic amines is 1. The number of H-pyrrole nitrogens is 1. The second-order valence-corrected chi connectivity index (χ2v) is 8.86. The van der Waals surface area contributed by atoms with Crippen LogP contribution >= 0.6 is 0 Å². The SMILES string of the molecule is Cc1cc(O)cc(C)c1CC(NC(=O)O)C(=O)N1CCCCC1c1ncc(-c2ccccc2)[nH]1. The lowest BCUT2D eigenvalue weighted by Crippen LogP contribution is -2.51. The van der Waals surface area contributed by atoms with Crippen LogP contribution in [0.25, 0.3) is 11.3 Å². The molecule has 2 aromatic carbocycles. The standard InChI is InChI=1S/C26H30N4O4/c1-16-12-19(31)13-17(2)20(16)14-21(29-26(33)34)25(32)30-11-7-6-10-23(30)24-27-15-22(28-24)18-8-4-3-5-9-18/h3-5,8-9,12-13,15,21,23,29,31H,6-7,10-11,14H2,1-2H3,(H,27,28)(H,33,34). The molecule has 2 heterocycles. The molecule has 2 amide bonds. The normalized spacial score (nSPS) is 16.8. The van der Waals surface area contributed by atoms with Crippen LogP contribution in [0.3, 0.4) is 0 Å². The zero-order valence-corrected chi connectivity index (χ0v) is 19.4. The van der Waals surface area contributed by atoms with Crippen molar-refractivity contribution in [3.8, 4) is 17.0 Å². The molecule has 34 heavy (non-hydrogen) atoms. The Balaban J connectivity index is 1.61. The summed E-state index contributed by atoms with van der Waals surface area (Å²) in [4.78, 5) is 35.0. The lowest BCUT2D eigenvalue weighted by molar-refractivity contribution is -0.137. The highest BCUT2D eigenvalue weighted by molar-refractivity contribution is 5.86. The highest BCUT2D eigenvalue weighted by atomic mass is 16.4. The van der Waals surface area contributed by atoms with Crippen molar-refractivity contribution in [2.75, 3.05) is 6.54 Å². The zero-order chi connectivity index (χ0) is 24.2. The second kappa shape index (κ2) is 9.99. The monoisotopic (exact) mass is 462 g/mol. The van der Waals surface area contributed by atoms with E-state index >= 15 is 0 Å². The number of benzene rings is 2. The molecule has 1 aromatic heterocycles. The Morgan fingerprint density at radius 3 is 2.56 bits per heavy atom. The van der Waals surface area contributed by atoms with Crippen molar-refractivity contribution in [2.45, 2.75) is 51.6 Å². The van der Waals surface area contributed by atoms with E-state index in [1.165, 1.54) is 0 Å². The largest absolute Gasteiger partial charge is 0.508 e. The van der Waals surface area contributed by atoms with E-state index in [4.69, 9.17) is 0 Å². The fourth-order valence-corrected chi connectivity index (χ4v) is 4.80. The molecule has 2 atom stereocenters. The Morgan fingerprint density at radius 1 is 1.18 bits per heavy atom. The summed E-state index contributed by atoms with van der Waals surface area (Å²) >= 11 is 0. The number of carbonyl (C=O) groups is 2. The van der Waals surface area contributed by atoms with Gasteiger partial charge in [-0.1, -0.05) is 30.3 Å². The number of carboxylic acid groups (broad SMARTS) is 1. The van der Waals surface area contributed by atoms with Crippen molar-refractivity contribution in [1.82, 2.24) is 20.2 Å². The van der Waals surface area contributed by atoms with Crippen LogP contribution in [0.5, 0.6) is 5.75 Å². The first-order valence-electron chi connectivity index (χ1n) is 11.5. The average Bonchev–Trinajstić information content (AvgIpc) is 3.31. The van der Waals surface area contributed by atoms with Crippen LogP contribution < -0.4 is 5.32 Å². The number of aryl methyl sites for hydroxylation is 2. The minimum Gasteiger partial charge on any atom is -0.508 e. The molecule has 3 aromatic rings. The van der Waals surface area contributed by atoms with Gasteiger partial charge in [0.2, 0.25) is 5.91 Å². The minimum atomic E-state index is -1.25. The molecule has 0 aliphatic carbocycles. The molecule has 4 rings (SSSR count). The van der Waals surface area contributed by atoms with Gasteiger partial charge in [-0.2, -0.15) is 0 Å². The Morgan fingerprint density at radius 2 is 1.88 bits per heavy atom. The van der Waals surface area contributed by atoms with Gasteiger partial charge in [-0.3, -0.25) is 4.79 Å². The van der Waals surface area contributed by atoms with Crippen molar-refractivity contribution in [3.63, 3.8) is 0 Å². The smallest absolute Gasteiger partial charge is 0.405 e. The third-order valence-corrected chi connectivity index (χ3v) is 6.47. The van der Waals surface area contributed by atoms with Gasteiger partial charge in [-0.15, -0.1) is 0 Å². The molecule has 1 aliphatic rings. The molecule has 178 valence electrons. The molecule has 1 fully saturated rings. The first-order chi connectivity index (χ1) is 16.3. The first kappa shape index (κ1) is 23.4. The number of phenols is 1.